The van der Waals surface area contributed by atoms with Crippen LogP contribution in [0.15, 0.2) is 45.3 Å². The standard InChI is InChI=1S/C15H13Br2ClO/c1-9-6-14(17)12(8-13(9)16)15(19)7-10-2-4-11(18)5-3-10/h2-6,8,15,19H,7H2,1H3. The zero-order valence-corrected chi connectivity index (χ0v) is 14.3. The van der Waals surface area contributed by atoms with Crippen LogP contribution >= 0.6 is 43.5 Å². The lowest BCUT2D eigenvalue weighted by atomic mass is 10.0. The van der Waals surface area contributed by atoms with Gasteiger partial charge in [-0.2, -0.15) is 0 Å². The number of benzene rings is 2. The fourth-order valence-corrected chi connectivity index (χ4v) is 3.08. The van der Waals surface area contributed by atoms with E-state index >= 15 is 0 Å². The Labute approximate surface area is 134 Å². The molecule has 0 fully saturated rings. The first-order chi connectivity index (χ1) is 8.97. The van der Waals surface area contributed by atoms with Crippen LogP contribution in [0.2, 0.25) is 5.02 Å². The summed E-state index contributed by atoms with van der Waals surface area (Å²) in [6.07, 6.45) is 0.0121. The predicted octanol–water partition coefficient (Wildman–Crippen LogP) is 5.45. The van der Waals surface area contributed by atoms with Crippen LogP contribution in [0.5, 0.6) is 0 Å². The van der Waals surface area contributed by atoms with Crippen molar-refractivity contribution in [2.45, 2.75) is 19.4 Å². The highest BCUT2D eigenvalue weighted by Crippen LogP contribution is 2.31. The highest BCUT2D eigenvalue weighted by atomic mass is 79.9. The van der Waals surface area contributed by atoms with E-state index < -0.39 is 6.10 Å². The summed E-state index contributed by atoms with van der Waals surface area (Å²) in [6.45, 7) is 2.02. The third-order valence-corrected chi connectivity index (χ3v) is 4.77. The molecule has 4 heteroatoms. The lowest BCUT2D eigenvalue weighted by Crippen LogP contribution is -2.03. The van der Waals surface area contributed by atoms with Crippen LogP contribution in [0, 0.1) is 6.92 Å². The molecule has 2 aromatic carbocycles. The normalized spacial score (nSPS) is 12.5. The summed E-state index contributed by atoms with van der Waals surface area (Å²) in [5, 5.41) is 11.1. The van der Waals surface area contributed by atoms with E-state index in [-0.39, 0.29) is 0 Å². The minimum atomic E-state index is -0.549. The van der Waals surface area contributed by atoms with Gasteiger partial charge in [0.1, 0.15) is 0 Å². The molecular weight excluding hydrogens is 391 g/mol. The Morgan fingerprint density at radius 2 is 1.74 bits per heavy atom. The van der Waals surface area contributed by atoms with Gasteiger partial charge in [0, 0.05) is 20.4 Å². The quantitative estimate of drug-likeness (QED) is 0.721. The highest BCUT2D eigenvalue weighted by Gasteiger charge is 2.14. The lowest BCUT2D eigenvalue weighted by molar-refractivity contribution is 0.177. The largest absolute Gasteiger partial charge is 0.388 e. The minimum Gasteiger partial charge on any atom is -0.388 e. The molecular formula is C15H13Br2ClO. The third kappa shape index (κ3) is 3.82. The Balaban J connectivity index is 2.22. The van der Waals surface area contributed by atoms with Gasteiger partial charge < -0.3 is 5.11 Å². The van der Waals surface area contributed by atoms with Gasteiger partial charge in [-0.05, 0) is 47.9 Å². The third-order valence-electron chi connectivity index (χ3n) is 2.98. The number of aliphatic hydroxyl groups excluding tert-OH is 1. The smallest absolute Gasteiger partial charge is 0.0841 e. The molecule has 1 unspecified atom stereocenters. The lowest BCUT2D eigenvalue weighted by Gasteiger charge is -2.15. The SMILES string of the molecule is Cc1cc(Br)c(C(O)Cc2ccc(Cl)cc2)cc1Br. The molecule has 2 aromatic rings. The van der Waals surface area contributed by atoms with Gasteiger partial charge in [-0.3, -0.25) is 0 Å². The van der Waals surface area contributed by atoms with Crippen LogP contribution in [-0.2, 0) is 6.42 Å². The van der Waals surface area contributed by atoms with Crippen molar-refractivity contribution in [3.05, 3.63) is 67.1 Å². The molecule has 0 aliphatic carbocycles. The van der Waals surface area contributed by atoms with Gasteiger partial charge in [-0.1, -0.05) is 55.6 Å². The number of halogens is 3. The van der Waals surface area contributed by atoms with Crippen LogP contribution in [0.25, 0.3) is 0 Å². The molecule has 1 nitrogen and oxygen atoms in total. The van der Waals surface area contributed by atoms with E-state index in [0.717, 1.165) is 25.6 Å². The molecule has 19 heavy (non-hydrogen) atoms. The van der Waals surface area contributed by atoms with Crippen LogP contribution in [0.4, 0.5) is 0 Å². The van der Waals surface area contributed by atoms with Gasteiger partial charge in [-0.25, -0.2) is 0 Å². The second kappa shape index (κ2) is 6.40. The molecule has 1 atom stereocenters. The van der Waals surface area contributed by atoms with Crippen LogP contribution in [0.3, 0.4) is 0 Å². The van der Waals surface area contributed by atoms with Crippen molar-refractivity contribution < 1.29 is 5.11 Å². The van der Waals surface area contributed by atoms with Crippen molar-refractivity contribution in [3.8, 4) is 0 Å². The summed E-state index contributed by atoms with van der Waals surface area (Å²) < 4.78 is 1.93. The first-order valence-electron chi connectivity index (χ1n) is 5.85. The van der Waals surface area contributed by atoms with Crippen LogP contribution in [-0.4, -0.2) is 5.11 Å². The molecule has 0 radical (unpaired) electrons. The molecule has 2 rings (SSSR count). The Morgan fingerprint density at radius 3 is 2.37 bits per heavy atom. The number of aryl methyl sites for hydroxylation is 1. The van der Waals surface area contributed by atoms with E-state index in [1.54, 1.807) is 0 Å². The van der Waals surface area contributed by atoms with Crippen molar-refractivity contribution in [1.82, 2.24) is 0 Å². The summed E-state index contributed by atoms with van der Waals surface area (Å²) in [6, 6.07) is 11.5. The Bertz CT molecular complexity index is 581. The first-order valence-corrected chi connectivity index (χ1v) is 7.82. The van der Waals surface area contributed by atoms with E-state index in [1.165, 1.54) is 0 Å². The van der Waals surface area contributed by atoms with Gasteiger partial charge >= 0.3 is 0 Å². The van der Waals surface area contributed by atoms with E-state index in [1.807, 2.05) is 43.3 Å². The number of rotatable bonds is 3. The highest BCUT2D eigenvalue weighted by molar-refractivity contribution is 9.11. The van der Waals surface area contributed by atoms with Crippen molar-refractivity contribution in [1.29, 1.82) is 0 Å². The zero-order chi connectivity index (χ0) is 14.0. The Hall–Kier alpha value is -0.350. The van der Waals surface area contributed by atoms with Gasteiger partial charge in [0.25, 0.3) is 0 Å². The molecule has 0 heterocycles. The molecule has 0 amide bonds. The molecule has 0 bridgehead atoms. The topological polar surface area (TPSA) is 20.2 Å². The molecule has 0 spiro atoms. The van der Waals surface area contributed by atoms with Crippen molar-refractivity contribution >= 4 is 43.5 Å². The van der Waals surface area contributed by atoms with Gasteiger partial charge in [0.15, 0.2) is 0 Å². The summed E-state index contributed by atoms with van der Waals surface area (Å²) in [7, 11) is 0. The van der Waals surface area contributed by atoms with Crippen LogP contribution in [0.1, 0.15) is 22.8 Å². The second-order valence-corrected chi connectivity index (χ2v) is 6.61. The van der Waals surface area contributed by atoms with Crippen LogP contribution < -0.4 is 0 Å². The monoisotopic (exact) mass is 402 g/mol. The Kier molecular flexibility index (Phi) is 5.07. The molecule has 100 valence electrons. The summed E-state index contributed by atoms with van der Waals surface area (Å²) in [5.74, 6) is 0. The molecule has 0 saturated heterocycles. The van der Waals surface area contributed by atoms with E-state index in [4.69, 9.17) is 11.6 Å². The maximum Gasteiger partial charge on any atom is 0.0841 e. The average molecular weight is 405 g/mol. The van der Waals surface area contributed by atoms with Gasteiger partial charge in [0.05, 0.1) is 6.10 Å². The maximum atomic E-state index is 10.4. The van der Waals surface area contributed by atoms with E-state index in [0.29, 0.717) is 11.4 Å². The van der Waals surface area contributed by atoms with Crippen molar-refractivity contribution in [3.63, 3.8) is 0 Å². The predicted molar refractivity (Wildman–Crippen MR) is 86.7 cm³/mol. The first kappa shape index (κ1) is 15.0. The van der Waals surface area contributed by atoms with Crippen molar-refractivity contribution in [2.75, 3.05) is 0 Å². The molecule has 0 saturated carbocycles. The zero-order valence-electron chi connectivity index (χ0n) is 10.3. The summed E-state index contributed by atoms with van der Waals surface area (Å²) in [4.78, 5) is 0. The molecule has 1 N–H and O–H groups in total. The maximum absolute atomic E-state index is 10.4. The molecule has 0 aliphatic rings. The van der Waals surface area contributed by atoms with Gasteiger partial charge in [-0.15, -0.1) is 0 Å². The van der Waals surface area contributed by atoms with Crippen molar-refractivity contribution in [2.24, 2.45) is 0 Å². The second-order valence-electron chi connectivity index (χ2n) is 4.47. The number of hydrogen-bond donors (Lipinski definition) is 1. The van der Waals surface area contributed by atoms with E-state index in [2.05, 4.69) is 31.9 Å². The fraction of sp³-hybridized carbons (Fsp3) is 0.200. The average Bonchev–Trinajstić information content (AvgIpc) is 2.36. The summed E-state index contributed by atoms with van der Waals surface area (Å²) in [5.41, 5.74) is 3.07. The minimum absolute atomic E-state index is 0.549. The molecule has 0 aliphatic heterocycles. The van der Waals surface area contributed by atoms with Gasteiger partial charge in [0.2, 0.25) is 0 Å². The molecule has 0 aromatic heterocycles. The fourth-order valence-electron chi connectivity index (χ4n) is 1.87. The van der Waals surface area contributed by atoms with E-state index in [9.17, 15) is 5.11 Å². The number of hydrogen-bond acceptors (Lipinski definition) is 1. The number of aliphatic hydroxyl groups is 1. The Morgan fingerprint density at radius 1 is 1.11 bits per heavy atom. The summed E-state index contributed by atoms with van der Waals surface area (Å²) >= 11 is 12.9.